The van der Waals surface area contributed by atoms with Crippen molar-refractivity contribution in [2.45, 2.75) is 154 Å². The third-order valence-electron chi connectivity index (χ3n) is 7.08. The molecule has 2 aromatic rings. The second-order valence-electron chi connectivity index (χ2n) is 13.0. The maximum Gasteiger partial charge on any atom is 0.232 e. The zero-order valence-electron chi connectivity index (χ0n) is 26.7. The predicted molar refractivity (Wildman–Crippen MR) is 177 cm³/mol. The van der Waals surface area contributed by atoms with Gasteiger partial charge in [0.2, 0.25) is 5.95 Å². The number of thioether (sulfide) groups is 2. The van der Waals surface area contributed by atoms with Gasteiger partial charge in [-0.25, -0.2) is 0 Å². The minimum atomic E-state index is -0.197. The summed E-state index contributed by atoms with van der Waals surface area (Å²) in [5.41, 5.74) is 2.49. The van der Waals surface area contributed by atoms with E-state index in [1.54, 1.807) is 23.5 Å². The highest BCUT2D eigenvalue weighted by molar-refractivity contribution is 7.99. The zero-order valence-corrected chi connectivity index (χ0v) is 28.3. The first-order chi connectivity index (χ1) is 19.0. The molecule has 0 bridgehead atoms. The predicted octanol–water partition coefficient (Wildman–Crippen LogP) is 10.8. The Morgan fingerprint density at radius 1 is 0.650 bits per heavy atom. The molecule has 0 aliphatic rings. The SMILES string of the molecule is CCCCCCCCSc1nc(Nc2cc(C(C)(C)C)cc(C(C)(C)C)c2O)nc(SCCCCCCCC)n1. The van der Waals surface area contributed by atoms with Gasteiger partial charge in [-0.15, -0.1) is 0 Å². The molecule has 1 aromatic carbocycles. The minimum absolute atomic E-state index is 0.0560. The van der Waals surface area contributed by atoms with E-state index in [-0.39, 0.29) is 16.6 Å². The molecule has 2 N–H and O–H groups in total. The first kappa shape index (κ1) is 34.7. The van der Waals surface area contributed by atoms with Gasteiger partial charge in [-0.1, -0.05) is 149 Å². The Kier molecular flexibility index (Phi) is 15.2. The van der Waals surface area contributed by atoms with Crippen molar-refractivity contribution < 1.29 is 5.11 Å². The molecular formula is C33H56N4OS2. The molecule has 0 saturated heterocycles. The molecule has 7 heteroatoms. The quantitative estimate of drug-likeness (QED) is 0.102. The van der Waals surface area contributed by atoms with Gasteiger partial charge in [-0.2, -0.15) is 15.0 Å². The number of phenolic OH excluding ortho intramolecular Hbond substituents is 1. The van der Waals surface area contributed by atoms with Crippen molar-refractivity contribution in [3.8, 4) is 5.75 Å². The Hall–Kier alpha value is -1.47. The van der Waals surface area contributed by atoms with Crippen LogP contribution in [0.1, 0.15) is 144 Å². The number of rotatable bonds is 18. The Labute approximate surface area is 253 Å². The maximum absolute atomic E-state index is 11.3. The van der Waals surface area contributed by atoms with Crippen LogP contribution in [0.2, 0.25) is 0 Å². The van der Waals surface area contributed by atoms with Gasteiger partial charge in [0.1, 0.15) is 5.75 Å². The molecule has 2 rings (SSSR count). The molecule has 0 saturated carbocycles. The lowest BCUT2D eigenvalue weighted by molar-refractivity contribution is 0.447. The van der Waals surface area contributed by atoms with Crippen LogP contribution in [0.25, 0.3) is 0 Å². The van der Waals surface area contributed by atoms with Crippen LogP contribution in [0.3, 0.4) is 0 Å². The summed E-state index contributed by atoms with van der Waals surface area (Å²) < 4.78 is 0. The highest BCUT2D eigenvalue weighted by Gasteiger charge is 2.25. The highest BCUT2D eigenvalue weighted by Crippen LogP contribution is 2.41. The number of unbranched alkanes of at least 4 members (excludes halogenated alkanes) is 10. The van der Waals surface area contributed by atoms with Crippen molar-refractivity contribution in [2.24, 2.45) is 0 Å². The summed E-state index contributed by atoms with van der Waals surface area (Å²) in [7, 11) is 0. The van der Waals surface area contributed by atoms with Crippen molar-refractivity contribution in [2.75, 3.05) is 16.8 Å². The first-order valence-corrected chi connectivity index (χ1v) is 17.6. The fourth-order valence-electron chi connectivity index (χ4n) is 4.47. The second kappa shape index (κ2) is 17.5. The number of nitrogens with zero attached hydrogens (tertiary/aromatic N) is 3. The van der Waals surface area contributed by atoms with Gasteiger partial charge in [0.15, 0.2) is 10.3 Å². The van der Waals surface area contributed by atoms with E-state index in [0.717, 1.165) is 27.4 Å². The lowest BCUT2D eigenvalue weighted by Crippen LogP contribution is -2.17. The van der Waals surface area contributed by atoms with E-state index in [2.05, 4.69) is 66.8 Å². The lowest BCUT2D eigenvalue weighted by Gasteiger charge is -2.27. The molecule has 40 heavy (non-hydrogen) atoms. The van der Waals surface area contributed by atoms with Gasteiger partial charge < -0.3 is 10.4 Å². The zero-order chi connectivity index (χ0) is 29.6. The molecule has 0 spiro atoms. The number of anilines is 2. The minimum Gasteiger partial charge on any atom is -0.505 e. The van der Waals surface area contributed by atoms with E-state index < -0.39 is 0 Å². The van der Waals surface area contributed by atoms with Crippen LogP contribution in [0.15, 0.2) is 22.4 Å². The molecule has 0 radical (unpaired) electrons. The van der Waals surface area contributed by atoms with E-state index in [4.69, 9.17) is 15.0 Å². The number of nitrogens with one attached hydrogen (secondary N) is 1. The van der Waals surface area contributed by atoms with Gasteiger partial charge in [0.05, 0.1) is 5.69 Å². The van der Waals surface area contributed by atoms with Crippen LogP contribution in [-0.4, -0.2) is 31.6 Å². The number of benzene rings is 1. The third-order valence-corrected chi connectivity index (χ3v) is 8.95. The van der Waals surface area contributed by atoms with Gasteiger partial charge >= 0.3 is 0 Å². The average Bonchev–Trinajstić information content (AvgIpc) is 2.87. The van der Waals surface area contributed by atoms with E-state index in [9.17, 15) is 5.11 Å². The van der Waals surface area contributed by atoms with Crippen LogP contribution in [0, 0.1) is 0 Å². The number of aromatic hydroxyl groups is 1. The van der Waals surface area contributed by atoms with Crippen molar-refractivity contribution in [3.05, 3.63) is 23.3 Å². The van der Waals surface area contributed by atoms with Gasteiger partial charge in [-0.3, -0.25) is 0 Å². The summed E-state index contributed by atoms with van der Waals surface area (Å²) >= 11 is 3.43. The van der Waals surface area contributed by atoms with Gasteiger partial charge in [0, 0.05) is 17.1 Å². The molecular weight excluding hydrogens is 533 g/mol. The first-order valence-electron chi connectivity index (χ1n) is 15.6. The highest BCUT2D eigenvalue weighted by atomic mass is 32.2. The van der Waals surface area contributed by atoms with E-state index in [0.29, 0.717) is 11.6 Å². The van der Waals surface area contributed by atoms with Crippen LogP contribution < -0.4 is 5.32 Å². The maximum atomic E-state index is 11.3. The van der Waals surface area contributed by atoms with E-state index in [1.165, 1.54) is 82.6 Å². The largest absolute Gasteiger partial charge is 0.505 e. The van der Waals surface area contributed by atoms with Crippen LogP contribution in [0.4, 0.5) is 11.6 Å². The number of aromatic nitrogens is 3. The fourth-order valence-corrected chi connectivity index (χ4v) is 6.19. The monoisotopic (exact) mass is 588 g/mol. The summed E-state index contributed by atoms with van der Waals surface area (Å²) in [6, 6.07) is 4.18. The smallest absolute Gasteiger partial charge is 0.232 e. The van der Waals surface area contributed by atoms with Crippen LogP contribution in [0.5, 0.6) is 5.75 Å². The van der Waals surface area contributed by atoms with Crippen molar-refractivity contribution in [1.82, 2.24) is 15.0 Å². The van der Waals surface area contributed by atoms with Crippen LogP contribution in [-0.2, 0) is 10.8 Å². The summed E-state index contributed by atoms with van der Waals surface area (Å²) in [4.78, 5) is 14.4. The Morgan fingerprint density at radius 3 is 1.57 bits per heavy atom. The summed E-state index contributed by atoms with van der Waals surface area (Å²) in [5, 5.41) is 16.2. The molecule has 5 nitrogen and oxygen atoms in total. The summed E-state index contributed by atoms with van der Waals surface area (Å²) in [6.45, 7) is 17.5. The van der Waals surface area contributed by atoms with Gasteiger partial charge in [0.25, 0.3) is 0 Å². The second-order valence-corrected chi connectivity index (χ2v) is 15.1. The topological polar surface area (TPSA) is 70.9 Å². The van der Waals surface area contributed by atoms with Crippen molar-refractivity contribution >= 4 is 35.2 Å². The molecule has 0 atom stereocenters. The Balaban J connectivity index is 2.23. The summed E-state index contributed by atoms with van der Waals surface area (Å²) in [6.07, 6.45) is 15.3. The van der Waals surface area contributed by atoms with Crippen molar-refractivity contribution in [3.63, 3.8) is 0 Å². The fraction of sp³-hybridized carbons (Fsp3) is 0.727. The van der Waals surface area contributed by atoms with Crippen LogP contribution >= 0.6 is 23.5 Å². The average molecular weight is 589 g/mol. The number of hydrogen-bond donors (Lipinski definition) is 2. The summed E-state index contributed by atoms with van der Waals surface area (Å²) in [5.74, 6) is 2.79. The lowest BCUT2D eigenvalue weighted by atomic mass is 9.79. The molecule has 1 heterocycles. The van der Waals surface area contributed by atoms with E-state index >= 15 is 0 Å². The normalized spacial score (nSPS) is 12.2. The van der Waals surface area contributed by atoms with E-state index in [1.807, 2.05) is 6.07 Å². The van der Waals surface area contributed by atoms with Gasteiger partial charge in [-0.05, 0) is 35.3 Å². The Morgan fingerprint density at radius 2 is 1.12 bits per heavy atom. The molecule has 0 fully saturated rings. The molecule has 0 aliphatic carbocycles. The van der Waals surface area contributed by atoms with Crippen molar-refractivity contribution in [1.29, 1.82) is 0 Å². The molecule has 0 amide bonds. The molecule has 226 valence electrons. The number of phenols is 1. The Bertz CT molecular complexity index is 978. The molecule has 0 aliphatic heterocycles. The number of hydrogen-bond acceptors (Lipinski definition) is 7. The standard InChI is InChI=1S/C33H56N4OS2/c1-9-11-13-15-17-19-21-39-30-35-29(36-31(37-30)40-22-20-18-16-14-12-10-2)34-27-24-25(32(3,4)5)23-26(28(27)38)33(6,7)8/h23-24,38H,9-22H2,1-8H3,(H,34,35,36,37). The molecule has 0 unspecified atom stereocenters. The molecule has 1 aromatic heterocycles. The third kappa shape index (κ3) is 12.6.